The quantitative estimate of drug-likeness (QED) is 0.877. The molecule has 0 unspecified atom stereocenters. The summed E-state index contributed by atoms with van der Waals surface area (Å²) in [6.45, 7) is 5.06. The summed E-state index contributed by atoms with van der Waals surface area (Å²) < 4.78 is 5.12. The van der Waals surface area contributed by atoms with E-state index in [0.717, 1.165) is 19.3 Å². The highest BCUT2D eigenvalue weighted by atomic mass is 32.1. The molecule has 22 heavy (non-hydrogen) atoms. The van der Waals surface area contributed by atoms with Crippen molar-refractivity contribution in [2.75, 3.05) is 18.8 Å². The molecule has 8 heteroatoms. The average Bonchev–Trinajstić information content (AvgIpc) is 2.83. The zero-order valence-electron chi connectivity index (χ0n) is 12.9. The molecular weight excluding hydrogens is 304 g/mol. The smallest absolute Gasteiger partial charge is 0.405 e. The predicted molar refractivity (Wildman–Crippen MR) is 84.5 cm³/mol. The van der Waals surface area contributed by atoms with Crippen LogP contribution in [0, 0.1) is 5.92 Å². The monoisotopic (exact) mass is 326 g/mol. The second-order valence-corrected chi connectivity index (χ2v) is 7.08. The summed E-state index contributed by atoms with van der Waals surface area (Å²) in [4.78, 5) is 29.0. The molecule has 0 spiro atoms. The maximum absolute atomic E-state index is 12.3. The number of nitrogen functional groups attached to an aromatic ring is 1. The van der Waals surface area contributed by atoms with E-state index in [9.17, 15) is 9.59 Å². The van der Waals surface area contributed by atoms with Crippen molar-refractivity contribution >= 4 is 28.5 Å². The fourth-order valence-corrected chi connectivity index (χ4v) is 3.43. The van der Waals surface area contributed by atoms with Crippen LogP contribution in [0.4, 0.5) is 9.93 Å². The molecule has 2 heterocycles. The van der Waals surface area contributed by atoms with Crippen molar-refractivity contribution < 1.29 is 14.3 Å². The maximum Gasteiger partial charge on any atom is 0.405 e. The van der Waals surface area contributed by atoms with E-state index in [1.165, 1.54) is 11.3 Å². The molecule has 7 nitrogen and oxygen atoms in total. The Hall–Kier alpha value is -1.83. The van der Waals surface area contributed by atoms with Gasteiger partial charge in [0.2, 0.25) is 0 Å². The van der Waals surface area contributed by atoms with Crippen LogP contribution in [0.5, 0.6) is 0 Å². The number of nitrogens with zero attached hydrogens (tertiary/aromatic N) is 2. The molecule has 0 bridgehead atoms. The topological polar surface area (TPSA) is 112 Å². The number of aromatic nitrogens is 1. The summed E-state index contributed by atoms with van der Waals surface area (Å²) in [7, 11) is 0. The third kappa shape index (κ3) is 4.33. The van der Waals surface area contributed by atoms with E-state index in [4.69, 9.17) is 16.2 Å². The zero-order chi connectivity index (χ0) is 16.3. The maximum atomic E-state index is 12.3. The molecule has 2 amide bonds. The number of hydrogen-bond donors (Lipinski definition) is 2. The fraction of sp³-hybridized carbons (Fsp3) is 0.643. The Balaban J connectivity index is 1.85. The normalized spacial score (nSPS) is 16.5. The first-order chi connectivity index (χ1) is 10.3. The van der Waals surface area contributed by atoms with Crippen molar-refractivity contribution in [1.82, 2.24) is 9.88 Å². The van der Waals surface area contributed by atoms with Crippen molar-refractivity contribution in [3.05, 3.63) is 11.1 Å². The van der Waals surface area contributed by atoms with E-state index >= 15 is 0 Å². The van der Waals surface area contributed by atoms with Gasteiger partial charge in [0.25, 0.3) is 5.91 Å². The minimum absolute atomic E-state index is 0.0703. The van der Waals surface area contributed by atoms with Gasteiger partial charge in [-0.1, -0.05) is 0 Å². The van der Waals surface area contributed by atoms with Crippen LogP contribution in [0.3, 0.4) is 0 Å². The number of primary amides is 1. The Kier molecular flexibility index (Phi) is 4.90. The first-order valence-electron chi connectivity index (χ1n) is 7.25. The molecule has 0 atom stereocenters. The van der Waals surface area contributed by atoms with Gasteiger partial charge >= 0.3 is 6.09 Å². The number of ether oxygens (including phenoxy) is 1. The first kappa shape index (κ1) is 16.5. The lowest BCUT2D eigenvalue weighted by atomic mass is 9.86. The van der Waals surface area contributed by atoms with E-state index in [-0.39, 0.29) is 5.91 Å². The lowest BCUT2D eigenvalue weighted by Gasteiger charge is -2.35. The van der Waals surface area contributed by atoms with Crippen LogP contribution in [-0.4, -0.2) is 40.6 Å². The van der Waals surface area contributed by atoms with Crippen molar-refractivity contribution in [2.45, 2.75) is 38.7 Å². The molecule has 1 fully saturated rings. The second-order valence-electron chi connectivity index (χ2n) is 6.19. The standard InChI is InChI=1S/C14H22N4O3S/c1-14(2,21-13(16)20)7-9-3-5-18(6-4-9)11(19)10-8-22-12(15)17-10/h8-9H,3-7H2,1-2H3,(H2,15,17)(H2,16,20). The van der Waals surface area contributed by atoms with E-state index in [2.05, 4.69) is 4.98 Å². The van der Waals surface area contributed by atoms with Crippen molar-refractivity contribution in [3.63, 3.8) is 0 Å². The Morgan fingerprint density at radius 1 is 1.45 bits per heavy atom. The van der Waals surface area contributed by atoms with Crippen LogP contribution in [0.25, 0.3) is 0 Å². The van der Waals surface area contributed by atoms with E-state index in [1.807, 2.05) is 13.8 Å². The number of hydrogen-bond acceptors (Lipinski definition) is 6. The Bertz CT molecular complexity index is 550. The van der Waals surface area contributed by atoms with E-state index in [1.54, 1.807) is 10.3 Å². The number of thiazole rings is 1. The van der Waals surface area contributed by atoms with Crippen LogP contribution in [-0.2, 0) is 4.74 Å². The highest BCUT2D eigenvalue weighted by molar-refractivity contribution is 7.13. The molecule has 4 N–H and O–H groups in total. The lowest BCUT2D eigenvalue weighted by Crippen LogP contribution is -2.41. The average molecular weight is 326 g/mol. The summed E-state index contributed by atoms with van der Waals surface area (Å²) in [5.41, 5.74) is 10.5. The second kappa shape index (κ2) is 6.51. The lowest BCUT2D eigenvalue weighted by molar-refractivity contribution is 0.0173. The molecule has 0 saturated carbocycles. The molecule has 0 aliphatic carbocycles. The van der Waals surface area contributed by atoms with Crippen LogP contribution in [0.2, 0.25) is 0 Å². The number of carbonyl (C=O) groups is 2. The van der Waals surface area contributed by atoms with Gasteiger partial charge < -0.3 is 21.1 Å². The van der Waals surface area contributed by atoms with Gasteiger partial charge in [-0.2, -0.15) is 0 Å². The molecule has 1 saturated heterocycles. The van der Waals surface area contributed by atoms with Gasteiger partial charge in [-0.25, -0.2) is 9.78 Å². The van der Waals surface area contributed by atoms with Gasteiger partial charge in [-0.15, -0.1) is 11.3 Å². The van der Waals surface area contributed by atoms with Gasteiger partial charge in [0.15, 0.2) is 5.13 Å². The number of piperidine rings is 1. The molecule has 1 aliphatic heterocycles. The van der Waals surface area contributed by atoms with Crippen LogP contribution < -0.4 is 11.5 Å². The molecule has 0 aromatic carbocycles. The number of carbonyl (C=O) groups excluding carboxylic acids is 2. The van der Waals surface area contributed by atoms with Gasteiger partial charge in [0.05, 0.1) is 0 Å². The Morgan fingerprint density at radius 3 is 2.59 bits per heavy atom. The first-order valence-corrected chi connectivity index (χ1v) is 8.13. The zero-order valence-corrected chi connectivity index (χ0v) is 13.7. The van der Waals surface area contributed by atoms with Crippen molar-refractivity contribution in [2.24, 2.45) is 11.7 Å². The molecule has 1 aliphatic rings. The molecule has 0 radical (unpaired) electrons. The SMILES string of the molecule is CC(C)(CC1CCN(C(=O)c2csc(N)n2)CC1)OC(N)=O. The van der Waals surface area contributed by atoms with Gasteiger partial charge in [0, 0.05) is 18.5 Å². The number of amides is 2. The van der Waals surface area contributed by atoms with Crippen LogP contribution >= 0.6 is 11.3 Å². The molecule has 1 aromatic heterocycles. The molecule has 1 aromatic rings. The van der Waals surface area contributed by atoms with Gasteiger partial charge in [0.1, 0.15) is 11.3 Å². The van der Waals surface area contributed by atoms with Crippen molar-refractivity contribution in [1.29, 1.82) is 0 Å². The van der Waals surface area contributed by atoms with Gasteiger partial charge in [-0.3, -0.25) is 4.79 Å². The summed E-state index contributed by atoms with van der Waals surface area (Å²) >= 11 is 1.27. The van der Waals surface area contributed by atoms with E-state index in [0.29, 0.717) is 29.8 Å². The minimum Gasteiger partial charge on any atom is -0.444 e. The van der Waals surface area contributed by atoms with Crippen LogP contribution in [0.15, 0.2) is 5.38 Å². The Morgan fingerprint density at radius 2 is 2.09 bits per heavy atom. The molecule has 122 valence electrons. The molecule has 2 rings (SSSR count). The number of likely N-dealkylation sites (tertiary alicyclic amines) is 1. The van der Waals surface area contributed by atoms with Crippen molar-refractivity contribution in [3.8, 4) is 0 Å². The van der Waals surface area contributed by atoms with Gasteiger partial charge in [-0.05, 0) is 39.0 Å². The number of anilines is 1. The fourth-order valence-electron chi connectivity index (χ4n) is 2.90. The largest absolute Gasteiger partial charge is 0.444 e. The summed E-state index contributed by atoms with van der Waals surface area (Å²) in [5.74, 6) is 0.331. The summed E-state index contributed by atoms with van der Waals surface area (Å²) in [5, 5.41) is 2.09. The third-order valence-electron chi connectivity index (χ3n) is 3.80. The Labute approximate surface area is 133 Å². The number of nitrogens with two attached hydrogens (primary N) is 2. The van der Waals surface area contributed by atoms with E-state index < -0.39 is 11.7 Å². The molecular formula is C14H22N4O3S. The minimum atomic E-state index is -0.751. The number of rotatable bonds is 4. The third-order valence-corrected chi connectivity index (χ3v) is 4.47. The highest BCUT2D eigenvalue weighted by Gasteiger charge is 2.31. The summed E-state index contributed by atoms with van der Waals surface area (Å²) in [6, 6.07) is 0. The predicted octanol–water partition coefficient (Wildman–Crippen LogP) is 1.84. The highest BCUT2D eigenvalue weighted by Crippen LogP contribution is 2.29. The summed E-state index contributed by atoms with van der Waals surface area (Å²) in [6.07, 6.45) is 1.73. The van der Waals surface area contributed by atoms with Crippen LogP contribution in [0.1, 0.15) is 43.6 Å².